The van der Waals surface area contributed by atoms with Crippen LogP contribution in [0.25, 0.3) is 0 Å². The second-order valence-electron chi connectivity index (χ2n) is 3.36. The summed E-state index contributed by atoms with van der Waals surface area (Å²) in [7, 11) is 0. The second-order valence-corrected chi connectivity index (χ2v) is 3.36. The summed E-state index contributed by atoms with van der Waals surface area (Å²) in [5.74, 6) is 2.51. The van der Waals surface area contributed by atoms with Gasteiger partial charge < -0.3 is 0 Å². The van der Waals surface area contributed by atoms with Crippen molar-refractivity contribution >= 4 is 0 Å². The van der Waals surface area contributed by atoms with Crippen LogP contribution in [0.15, 0.2) is 47.6 Å². The number of allylic oxidation sites excluding steroid dienone is 7. The zero-order valence-corrected chi connectivity index (χ0v) is 10.0. The van der Waals surface area contributed by atoms with E-state index in [9.17, 15) is 0 Å². The molecular weight excluding hydrogens is 192 g/mol. The minimum atomic E-state index is 0. The maximum atomic E-state index is 5.21. The maximum Gasteiger partial charge on any atom is -0.0115 e. The quantitative estimate of drug-likeness (QED) is 0.445. The summed E-state index contributed by atoms with van der Waals surface area (Å²) in [6.45, 7) is 10.4. The van der Waals surface area contributed by atoms with Gasteiger partial charge in [-0.15, -0.1) is 6.42 Å². The average molecular weight is 216 g/mol. The molecule has 0 heterocycles. The van der Waals surface area contributed by atoms with Crippen LogP contribution in [0.2, 0.25) is 0 Å². The van der Waals surface area contributed by atoms with E-state index < -0.39 is 0 Å². The number of terminal acetylenes is 1. The molecule has 0 aliphatic heterocycles. The summed E-state index contributed by atoms with van der Waals surface area (Å²) in [4.78, 5) is 0. The van der Waals surface area contributed by atoms with Crippen LogP contribution in [0, 0.1) is 12.3 Å². The second kappa shape index (κ2) is 10.1. The van der Waals surface area contributed by atoms with Crippen molar-refractivity contribution in [3.8, 4) is 12.3 Å². The molecule has 0 N–H and O–H groups in total. The lowest BCUT2D eigenvalue weighted by molar-refractivity contribution is 1.12. The Hall–Kier alpha value is -1.48. The van der Waals surface area contributed by atoms with Gasteiger partial charge in [0.25, 0.3) is 0 Å². The predicted molar refractivity (Wildman–Crippen MR) is 76.3 cm³/mol. The molecule has 0 aromatic heterocycles. The zero-order chi connectivity index (χ0) is 11.7. The fourth-order valence-electron chi connectivity index (χ4n) is 1.23. The Kier molecular flexibility index (Phi) is 10.6. The summed E-state index contributed by atoms with van der Waals surface area (Å²) in [6, 6.07) is 0. The fourth-order valence-corrected chi connectivity index (χ4v) is 1.23. The monoisotopic (exact) mass is 216 g/mol. The Morgan fingerprint density at radius 2 is 1.94 bits per heavy atom. The summed E-state index contributed by atoms with van der Waals surface area (Å²) in [6.07, 6.45) is 15.1. The minimum Gasteiger partial charge on any atom is -0.115 e. The normalized spacial score (nSPS) is 12.1. The first kappa shape index (κ1) is 16.9. The van der Waals surface area contributed by atoms with Crippen LogP contribution >= 0.6 is 0 Å². The molecule has 0 fully saturated rings. The Labute approximate surface area is 101 Å². The number of hydrogen-bond acceptors (Lipinski definition) is 0. The molecule has 0 nitrogen and oxygen atoms in total. The van der Waals surface area contributed by atoms with E-state index in [1.165, 1.54) is 5.57 Å². The van der Waals surface area contributed by atoms with Crippen LogP contribution in [0.5, 0.6) is 0 Å². The first-order valence-corrected chi connectivity index (χ1v) is 5.35. The SMILES string of the molecule is C.C#C\C=C/C(C(=C)CC)=C(C)/C=C\CC. The largest absolute Gasteiger partial charge is 0.115 e. The summed E-state index contributed by atoms with van der Waals surface area (Å²) >= 11 is 0. The van der Waals surface area contributed by atoms with Crippen LogP contribution in [0.1, 0.15) is 41.0 Å². The van der Waals surface area contributed by atoms with Crippen LogP contribution in [0.3, 0.4) is 0 Å². The van der Waals surface area contributed by atoms with Gasteiger partial charge in [-0.1, -0.05) is 45.9 Å². The highest BCUT2D eigenvalue weighted by molar-refractivity contribution is 5.46. The highest BCUT2D eigenvalue weighted by atomic mass is 14.0. The van der Waals surface area contributed by atoms with E-state index in [0.717, 1.165) is 24.0 Å². The number of hydrogen-bond donors (Lipinski definition) is 0. The van der Waals surface area contributed by atoms with Crippen molar-refractivity contribution in [2.45, 2.75) is 41.0 Å². The van der Waals surface area contributed by atoms with Gasteiger partial charge in [0.15, 0.2) is 0 Å². The van der Waals surface area contributed by atoms with E-state index in [0.29, 0.717) is 0 Å². The molecule has 0 aliphatic rings. The van der Waals surface area contributed by atoms with E-state index in [4.69, 9.17) is 6.42 Å². The summed E-state index contributed by atoms with van der Waals surface area (Å²) in [5, 5.41) is 0. The first-order valence-electron chi connectivity index (χ1n) is 5.35. The lowest BCUT2D eigenvalue weighted by atomic mass is 9.99. The average Bonchev–Trinajstić information content (AvgIpc) is 2.26. The standard InChI is InChI=1S/C15H20.CH4/c1-6-9-11-14(5)15(12-10-7-2)13(4)8-3;/h2,9-12H,4,6,8H2,1,3,5H3;1H4/b11-9-,12-10-,15-14-;. The van der Waals surface area contributed by atoms with Gasteiger partial charge in [-0.3, -0.25) is 0 Å². The zero-order valence-electron chi connectivity index (χ0n) is 10.0. The van der Waals surface area contributed by atoms with Gasteiger partial charge in [-0.25, -0.2) is 0 Å². The molecule has 0 unspecified atom stereocenters. The molecule has 0 radical (unpaired) electrons. The van der Waals surface area contributed by atoms with E-state index in [1.807, 2.05) is 6.08 Å². The van der Waals surface area contributed by atoms with Gasteiger partial charge in [0.1, 0.15) is 0 Å². The van der Waals surface area contributed by atoms with Crippen molar-refractivity contribution in [2.24, 2.45) is 0 Å². The van der Waals surface area contributed by atoms with Crippen molar-refractivity contribution in [2.75, 3.05) is 0 Å². The minimum absolute atomic E-state index is 0. The molecule has 0 aromatic carbocycles. The molecule has 0 heteroatoms. The van der Waals surface area contributed by atoms with Crippen molar-refractivity contribution in [3.05, 3.63) is 47.6 Å². The molecule has 16 heavy (non-hydrogen) atoms. The molecule has 0 saturated heterocycles. The van der Waals surface area contributed by atoms with Crippen molar-refractivity contribution < 1.29 is 0 Å². The lowest BCUT2D eigenvalue weighted by Crippen LogP contribution is -1.87. The Balaban J connectivity index is 0. The smallest absolute Gasteiger partial charge is 0.0115 e. The van der Waals surface area contributed by atoms with Gasteiger partial charge in [-0.05, 0) is 48.6 Å². The van der Waals surface area contributed by atoms with Gasteiger partial charge in [0.05, 0.1) is 0 Å². The van der Waals surface area contributed by atoms with Gasteiger partial charge in [-0.2, -0.15) is 0 Å². The first-order chi connectivity index (χ1) is 7.17. The molecule has 0 rings (SSSR count). The van der Waals surface area contributed by atoms with E-state index in [-0.39, 0.29) is 7.43 Å². The predicted octanol–water partition coefficient (Wildman–Crippen LogP) is 5.06. The number of rotatable bonds is 5. The van der Waals surface area contributed by atoms with Crippen molar-refractivity contribution in [1.29, 1.82) is 0 Å². The molecule has 0 amide bonds. The molecule has 0 aliphatic carbocycles. The molecular formula is C16H24. The van der Waals surface area contributed by atoms with Gasteiger partial charge in [0, 0.05) is 0 Å². The third-order valence-corrected chi connectivity index (χ3v) is 2.18. The summed E-state index contributed by atoms with van der Waals surface area (Å²) in [5.41, 5.74) is 3.50. The third kappa shape index (κ3) is 6.09. The van der Waals surface area contributed by atoms with Crippen LogP contribution < -0.4 is 0 Å². The molecule has 0 aromatic rings. The highest BCUT2D eigenvalue weighted by Gasteiger charge is 1.99. The van der Waals surface area contributed by atoms with Crippen LogP contribution in [-0.4, -0.2) is 0 Å². The van der Waals surface area contributed by atoms with E-state index in [2.05, 4.69) is 45.4 Å². The molecule has 0 saturated carbocycles. The molecule has 0 bridgehead atoms. The van der Waals surface area contributed by atoms with E-state index >= 15 is 0 Å². The highest BCUT2D eigenvalue weighted by Crippen LogP contribution is 2.18. The van der Waals surface area contributed by atoms with Crippen LogP contribution in [0.4, 0.5) is 0 Å². The van der Waals surface area contributed by atoms with Crippen molar-refractivity contribution in [3.63, 3.8) is 0 Å². The molecule has 0 atom stereocenters. The fraction of sp³-hybridized carbons (Fsp3) is 0.375. The Morgan fingerprint density at radius 1 is 1.31 bits per heavy atom. The Bertz CT molecular complexity index is 330. The molecule has 0 spiro atoms. The van der Waals surface area contributed by atoms with Gasteiger partial charge in [0.2, 0.25) is 0 Å². The van der Waals surface area contributed by atoms with Gasteiger partial charge >= 0.3 is 0 Å². The maximum absolute atomic E-state index is 5.21. The Morgan fingerprint density at radius 3 is 2.38 bits per heavy atom. The molecule has 88 valence electrons. The third-order valence-electron chi connectivity index (χ3n) is 2.18. The van der Waals surface area contributed by atoms with Crippen LogP contribution in [-0.2, 0) is 0 Å². The van der Waals surface area contributed by atoms with Crippen molar-refractivity contribution in [1.82, 2.24) is 0 Å². The topological polar surface area (TPSA) is 0 Å². The summed E-state index contributed by atoms with van der Waals surface area (Å²) < 4.78 is 0. The lowest BCUT2D eigenvalue weighted by Gasteiger charge is -2.06. The van der Waals surface area contributed by atoms with E-state index in [1.54, 1.807) is 6.08 Å².